The van der Waals surface area contributed by atoms with Crippen LogP contribution in [0.3, 0.4) is 0 Å². The van der Waals surface area contributed by atoms with E-state index in [1.807, 2.05) is 146 Å². The Morgan fingerprint density at radius 1 is 0.298 bits per heavy atom. The fourth-order valence-corrected chi connectivity index (χ4v) is 13.9. The second-order valence-corrected chi connectivity index (χ2v) is 16.9. The van der Waals surface area contributed by atoms with Crippen LogP contribution in [0.25, 0.3) is 0 Å². The van der Waals surface area contributed by atoms with Crippen molar-refractivity contribution in [2.24, 2.45) is 0 Å². The van der Waals surface area contributed by atoms with E-state index in [-0.39, 0.29) is 0 Å². The number of para-hydroxylation sites is 8. The van der Waals surface area contributed by atoms with Crippen LogP contribution in [0.4, 0.5) is 45.5 Å². The Labute approximate surface area is 335 Å². The zero-order valence-electron chi connectivity index (χ0n) is 31.6. The van der Waals surface area contributed by atoms with Crippen LogP contribution in [-0.4, -0.2) is 5.97 Å². The standard InChI is InChI=1S/C50H43N4O2P/c1-42(55)56-57(51(43-26-10-2-11-27-43)44-28-12-3-13-29-44,52(45-30-14-4-15-31-45)46-32-16-5-17-33-46,53(47-34-18-6-19-35-47)48-36-20-7-21-37-48)54(49-38-22-8-23-39-49)50-40-24-9-25-41-50/h2-41H,1H3. The van der Waals surface area contributed by atoms with Crippen molar-refractivity contribution in [3.8, 4) is 0 Å². The number of carbonyl (C=O) groups is 1. The number of nitrogens with zero attached hydrogens (tertiary/aromatic N) is 4. The first-order chi connectivity index (χ1) is 28.1. The maximum absolute atomic E-state index is 15.0. The molecule has 8 rings (SSSR count). The van der Waals surface area contributed by atoms with Gasteiger partial charge in [0.1, 0.15) is 0 Å². The molecule has 0 aliphatic carbocycles. The molecule has 6 nitrogen and oxygen atoms in total. The monoisotopic (exact) mass is 762 g/mol. The third-order valence-corrected chi connectivity index (χ3v) is 14.9. The molecule has 0 spiro atoms. The molecule has 0 N–H and O–H groups in total. The predicted octanol–water partition coefficient (Wildman–Crippen LogP) is 14.0. The summed E-state index contributed by atoms with van der Waals surface area (Å²) >= 11 is 0. The summed E-state index contributed by atoms with van der Waals surface area (Å²) in [6, 6.07) is 82.1. The zero-order valence-corrected chi connectivity index (χ0v) is 32.5. The topological polar surface area (TPSA) is 39.3 Å². The van der Waals surface area contributed by atoms with Crippen molar-refractivity contribution in [2.75, 3.05) is 18.7 Å². The number of anilines is 8. The number of hydrogen-bond acceptors (Lipinski definition) is 6. The van der Waals surface area contributed by atoms with Crippen LogP contribution in [0.15, 0.2) is 243 Å². The summed E-state index contributed by atoms with van der Waals surface area (Å²) in [5.74, 6) is -0.477. The summed E-state index contributed by atoms with van der Waals surface area (Å²) in [5, 5.41) is 0. The first kappa shape index (κ1) is 36.8. The van der Waals surface area contributed by atoms with Gasteiger partial charge in [0.25, 0.3) is 0 Å². The minimum atomic E-state index is -5.45. The Morgan fingerprint density at radius 2 is 0.439 bits per heavy atom. The van der Waals surface area contributed by atoms with Crippen LogP contribution < -0.4 is 18.7 Å². The van der Waals surface area contributed by atoms with Gasteiger partial charge in [-0.15, -0.1) is 0 Å². The molecule has 0 unspecified atom stereocenters. The molecule has 0 saturated carbocycles. The van der Waals surface area contributed by atoms with Crippen molar-refractivity contribution in [3.63, 3.8) is 0 Å². The molecule has 0 radical (unpaired) electrons. The number of hydrogen-bond donors (Lipinski definition) is 0. The average molecular weight is 763 g/mol. The molecule has 8 aromatic carbocycles. The van der Waals surface area contributed by atoms with Crippen LogP contribution in [0, 0.1) is 0 Å². The van der Waals surface area contributed by atoms with Crippen molar-refractivity contribution in [3.05, 3.63) is 243 Å². The van der Waals surface area contributed by atoms with Crippen LogP contribution in [0.1, 0.15) is 6.92 Å². The van der Waals surface area contributed by atoms with E-state index in [4.69, 9.17) is 4.52 Å². The molecular formula is C50H43N4O2P. The molecule has 0 amide bonds. The van der Waals surface area contributed by atoms with Crippen molar-refractivity contribution in [1.82, 2.24) is 0 Å². The average Bonchev–Trinajstić information content (AvgIpc) is 3.27. The van der Waals surface area contributed by atoms with Gasteiger partial charge in [0.05, 0.1) is 0 Å². The molecule has 0 saturated heterocycles. The van der Waals surface area contributed by atoms with Crippen LogP contribution in [0.5, 0.6) is 0 Å². The number of benzene rings is 8. The summed E-state index contributed by atoms with van der Waals surface area (Å²) in [5.41, 5.74) is 6.39. The van der Waals surface area contributed by atoms with Gasteiger partial charge in [-0.1, -0.05) is 0 Å². The van der Waals surface area contributed by atoms with E-state index in [0.717, 1.165) is 45.5 Å². The predicted molar refractivity (Wildman–Crippen MR) is 239 cm³/mol. The molecule has 57 heavy (non-hydrogen) atoms. The van der Waals surface area contributed by atoms with E-state index in [0.29, 0.717) is 0 Å². The second kappa shape index (κ2) is 16.3. The molecule has 280 valence electrons. The van der Waals surface area contributed by atoms with E-state index in [1.165, 1.54) is 6.92 Å². The van der Waals surface area contributed by atoms with Gasteiger partial charge in [0.2, 0.25) is 0 Å². The SMILES string of the molecule is CC(=O)OP(N(c1ccccc1)c1ccccc1)(N(c1ccccc1)c1ccccc1)(N(c1ccccc1)c1ccccc1)N(c1ccccc1)c1ccccc1. The third kappa shape index (κ3) is 6.67. The Kier molecular flexibility index (Phi) is 10.5. The van der Waals surface area contributed by atoms with E-state index in [2.05, 4.69) is 116 Å². The van der Waals surface area contributed by atoms with Crippen molar-refractivity contribution in [2.45, 2.75) is 6.92 Å². The van der Waals surface area contributed by atoms with Gasteiger partial charge >= 0.3 is 336 Å². The zero-order chi connectivity index (χ0) is 38.9. The molecule has 0 fully saturated rings. The Bertz CT molecular complexity index is 1980. The molecule has 0 aliphatic heterocycles. The summed E-state index contributed by atoms with van der Waals surface area (Å²) in [6.07, 6.45) is 0. The van der Waals surface area contributed by atoms with Crippen LogP contribution >= 0.6 is 7.43 Å². The fraction of sp³-hybridized carbons (Fsp3) is 0.0200. The third-order valence-electron chi connectivity index (χ3n) is 9.70. The molecule has 7 heteroatoms. The van der Waals surface area contributed by atoms with Gasteiger partial charge in [0, 0.05) is 0 Å². The molecular weight excluding hydrogens is 720 g/mol. The molecule has 0 aliphatic rings. The first-order valence-electron chi connectivity index (χ1n) is 19.0. The molecule has 0 bridgehead atoms. The summed E-state index contributed by atoms with van der Waals surface area (Å²) in [7, 11) is -5.45. The van der Waals surface area contributed by atoms with Crippen molar-refractivity contribution < 1.29 is 9.32 Å². The van der Waals surface area contributed by atoms with Gasteiger partial charge in [-0.3, -0.25) is 0 Å². The van der Waals surface area contributed by atoms with Gasteiger partial charge in [0.15, 0.2) is 0 Å². The van der Waals surface area contributed by atoms with E-state index in [1.54, 1.807) is 0 Å². The van der Waals surface area contributed by atoms with E-state index >= 15 is 4.79 Å². The van der Waals surface area contributed by atoms with E-state index < -0.39 is 13.4 Å². The fourth-order valence-electron chi connectivity index (χ4n) is 7.70. The minimum absolute atomic E-state index is 0.477. The Balaban J connectivity index is 1.78. The second-order valence-electron chi connectivity index (χ2n) is 13.4. The summed E-state index contributed by atoms with van der Waals surface area (Å²) in [6.45, 7) is 1.52. The van der Waals surface area contributed by atoms with Gasteiger partial charge in [-0.2, -0.15) is 0 Å². The number of rotatable bonds is 13. The van der Waals surface area contributed by atoms with Crippen LogP contribution in [0.2, 0.25) is 0 Å². The van der Waals surface area contributed by atoms with Gasteiger partial charge < -0.3 is 0 Å². The van der Waals surface area contributed by atoms with Crippen molar-refractivity contribution in [1.29, 1.82) is 0 Å². The van der Waals surface area contributed by atoms with E-state index in [9.17, 15) is 0 Å². The van der Waals surface area contributed by atoms with Gasteiger partial charge in [-0.05, 0) is 0 Å². The van der Waals surface area contributed by atoms with Crippen molar-refractivity contribution >= 4 is 58.9 Å². The molecule has 8 aromatic rings. The quantitative estimate of drug-likeness (QED) is 0.109. The Hall–Kier alpha value is -7.14. The number of carbonyl (C=O) groups excluding carboxylic acids is 1. The first-order valence-corrected chi connectivity index (χ1v) is 20.9. The molecule has 0 heterocycles. The normalized spacial score (nSPS) is 11.7. The summed E-state index contributed by atoms with van der Waals surface area (Å²) < 4.78 is 17.0. The maximum atomic E-state index is 15.0. The van der Waals surface area contributed by atoms with Crippen LogP contribution in [-0.2, 0) is 9.32 Å². The molecule has 0 atom stereocenters. The van der Waals surface area contributed by atoms with Gasteiger partial charge in [-0.25, -0.2) is 0 Å². The summed E-state index contributed by atoms with van der Waals surface area (Å²) in [4.78, 5) is 15.0. The Morgan fingerprint density at radius 3 is 0.561 bits per heavy atom. The molecule has 0 aromatic heterocycles.